The molecule has 0 amide bonds. The summed E-state index contributed by atoms with van der Waals surface area (Å²) in [6, 6.07) is 0. The molecule has 1 aromatic rings. The van der Waals surface area contributed by atoms with E-state index in [9.17, 15) is 0 Å². The third-order valence-electron chi connectivity index (χ3n) is 1.62. The van der Waals surface area contributed by atoms with Gasteiger partial charge in [0, 0.05) is 5.56 Å². The fourth-order valence-electron chi connectivity index (χ4n) is 1.06. The quantitative estimate of drug-likeness (QED) is 0.717. The maximum Gasteiger partial charge on any atom is 0.708 e. The maximum atomic E-state index is 8.64. The van der Waals surface area contributed by atoms with Gasteiger partial charge in [-0.05, 0) is 6.92 Å². The topological polar surface area (TPSA) is 68.2 Å². The van der Waals surface area contributed by atoms with E-state index in [0.717, 1.165) is 16.9 Å². The van der Waals surface area contributed by atoms with Gasteiger partial charge >= 0.3 is 7.32 Å². The van der Waals surface area contributed by atoms with Crippen LogP contribution in [0.3, 0.4) is 0 Å². The average Bonchev–Trinajstić information content (AvgIpc) is 2.41. The molecule has 5 nitrogen and oxygen atoms in total. The van der Waals surface area contributed by atoms with E-state index in [2.05, 4.69) is 0 Å². The van der Waals surface area contributed by atoms with Crippen LogP contribution in [0.4, 0.5) is 0 Å². The van der Waals surface area contributed by atoms with Gasteiger partial charge in [0.25, 0.3) is 0 Å². The Hall–Kier alpha value is -0.915. The highest BCUT2D eigenvalue weighted by Gasteiger charge is 2.22. The lowest BCUT2D eigenvalue weighted by atomic mass is 10.2. The van der Waals surface area contributed by atoms with Gasteiger partial charge in [0.2, 0.25) is 5.06 Å². The fourth-order valence-corrected chi connectivity index (χ4v) is 2.02. The summed E-state index contributed by atoms with van der Waals surface area (Å²) in [6.07, 6.45) is 0. The van der Waals surface area contributed by atoms with E-state index in [1.54, 1.807) is 6.92 Å². The van der Waals surface area contributed by atoms with Gasteiger partial charge in [-0.3, -0.25) is 0 Å². The second-order valence-electron chi connectivity index (χ2n) is 2.48. The van der Waals surface area contributed by atoms with E-state index in [1.165, 1.54) is 14.2 Å². The standard InChI is InChI=1S/C7H11BO5S/c1-4-5(11-2)7(13-8(9)10)14-6(4)12-3/h9-10H,1-3H3. The minimum atomic E-state index is -1.85. The largest absolute Gasteiger partial charge is 0.708 e. The Morgan fingerprint density at radius 3 is 2.21 bits per heavy atom. The molecule has 0 aliphatic carbocycles. The van der Waals surface area contributed by atoms with E-state index in [4.69, 9.17) is 24.2 Å². The molecule has 0 aromatic carbocycles. The molecule has 1 rings (SSSR count). The second-order valence-corrected chi connectivity index (χ2v) is 3.43. The molecule has 0 aliphatic rings. The minimum absolute atomic E-state index is 0.289. The smallest absolute Gasteiger partial charge is 0.501 e. The Morgan fingerprint density at radius 2 is 1.79 bits per heavy atom. The molecule has 0 aliphatic heterocycles. The van der Waals surface area contributed by atoms with Crippen LogP contribution in [0.25, 0.3) is 0 Å². The molecule has 0 saturated heterocycles. The molecule has 0 saturated carbocycles. The molecule has 0 bridgehead atoms. The normalized spacial score (nSPS) is 9.79. The summed E-state index contributed by atoms with van der Waals surface area (Å²) in [5.74, 6) is 0.458. The lowest BCUT2D eigenvalue weighted by molar-refractivity contribution is 0.283. The number of hydrogen-bond donors (Lipinski definition) is 2. The molecule has 7 heteroatoms. The van der Waals surface area contributed by atoms with Crippen molar-refractivity contribution in [1.82, 2.24) is 0 Å². The van der Waals surface area contributed by atoms with Crippen molar-refractivity contribution in [3.05, 3.63) is 5.56 Å². The Morgan fingerprint density at radius 1 is 1.14 bits per heavy atom. The summed E-state index contributed by atoms with van der Waals surface area (Å²) >= 11 is 1.15. The van der Waals surface area contributed by atoms with Crippen LogP contribution in [0.2, 0.25) is 0 Å². The van der Waals surface area contributed by atoms with Gasteiger partial charge in [0.15, 0.2) is 10.8 Å². The Labute approximate surface area is 86.0 Å². The monoisotopic (exact) mass is 218 g/mol. The predicted molar refractivity (Wildman–Crippen MR) is 53.0 cm³/mol. The van der Waals surface area contributed by atoms with Crippen LogP contribution in [0.1, 0.15) is 5.56 Å². The zero-order chi connectivity index (χ0) is 10.7. The van der Waals surface area contributed by atoms with E-state index in [-0.39, 0.29) is 5.06 Å². The van der Waals surface area contributed by atoms with Gasteiger partial charge in [-0.25, -0.2) is 0 Å². The SMILES string of the molecule is COc1sc(OB(O)O)c(OC)c1C. The highest BCUT2D eigenvalue weighted by atomic mass is 32.1. The Kier molecular flexibility index (Phi) is 3.62. The Balaban J connectivity index is 3.02. The molecule has 1 heterocycles. The summed E-state index contributed by atoms with van der Waals surface area (Å²) in [5.41, 5.74) is 0.774. The summed E-state index contributed by atoms with van der Waals surface area (Å²) in [5, 5.41) is 18.2. The van der Waals surface area contributed by atoms with Crippen molar-refractivity contribution < 1.29 is 24.2 Å². The molecule has 1 aromatic heterocycles. The van der Waals surface area contributed by atoms with Gasteiger partial charge in [0.05, 0.1) is 14.2 Å². The van der Waals surface area contributed by atoms with Gasteiger partial charge < -0.3 is 24.2 Å². The lowest BCUT2D eigenvalue weighted by Crippen LogP contribution is -2.20. The van der Waals surface area contributed by atoms with Gasteiger partial charge in [-0.15, -0.1) is 0 Å². The van der Waals surface area contributed by atoms with Crippen molar-refractivity contribution in [3.8, 4) is 15.9 Å². The van der Waals surface area contributed by atoms with Crippen LogP contribution in [-0.2, 0) is 0 Å². The first-order valence-corrected chi connectivity index (χ1v) is 4.66. The number of rotatable bonds is 4. The van der Waals surface area contributed by atoms with Crippen LogP contribution < -0.4 is 14.1 Å². The molecular weight excluding hydrogens is 207 g/mol. The second kappa shape index (κ2) is 4.54. The number of thiophene rings is 1. The average molecular weight is 218 g/mol. The molecule has 14 heavy (non-hydrogen) atoms. The van der Waals surface area contributed by atoms with Crippen molar-refractivity contribution >= 4 is 18.7 Å². The van der Waals surface area contributed by atoms with Gasteiger partial charge in [-0.1, -0.05) is 11.3 Å². The van der Waals surface area contributed by atoms with E-state index >= 15 is 0 Å². The van der Waals surface area contributed by atoms with Crippen LogP contribution in [-0.4, -0.2) is 31.6 Å². The highest BCUT2D eigenvalue weighted by Crippen LogP contribution is 2.46. The molecular formula is C7H11BO5S. The third-order valence-corrected chi connectivity index (χ3v) is 2.74. The van der Waals surface area contributed by atoms with Gasteiger partial charge in [0.1, 0.15) is 0 Å². The lowest BCUT2D eigenvalue weighted by Gasteiger charge is -2.04. The highest BCUT2D eigenvalue weighted by molar-refractivity contribution is 7.16. The van der Waals surface area contributed by atoms with Crippen molar-refractivity contribution in [2.24, 2.45) is 0 Å². The van der Waals surface area contributed by atoms with Crippen molar-refractivity contribution in [3.63, 3.8) is 0 Å². The van der Waals surface area contributed by atoms with Crippen molar-refractivity contribution in [2.45, 2.75) is 6.92 Å². The van der Waals surface area contributed by atoms with Crippen LogP contribution in [0, 0.1) is 6.92 Å². The first kappa shape index (κ1) is 11.2. The molecule has 0 unspecified atom stereocenters. The van der Waals surface area contributed by atoms with Crippen LogP contribution in [0.5, 0.6) is 15.9 Å². The van der Waals surface area contributed by atoms with Crippen LogP contribution in [0.15, 0.2) is 0 Å². The number of methoxy groups -OCH3 is 2. The molecule has 78 valence electrons. The predicted octanol–water partition coefficient (Wildman–Crippen LogP) is 0.422. The summed E-state index contributed by atoms with van der Waals surface area (Å²) in [7, 11) is 1.15. The summed E-state index contributed by atoms with van der Waals surface area (Å²) in [6.45, 7) is 1.80. The van der Waals surface area contributed by atoms with Gasteiger partial charge in [-0.2, -0.15) is 0 Å². The zero-order valence-electron chi connectivity index (χ0n) is 8.10. The van der Waals surface area contributed by atoms with E-state index in [1.807, 2.05) is 0 Å². The molecule has 0 fully saturated rings. The van der Waals surface area contributed by atoms with Crippen LogP contribution >= 0.6 is 11.3 Å². The first-order valence-electron chi connectivity index (χ1n) is 3.84. The fraction of sp³-hybridized carbons (Fsp3) is 0.429. The minimum Gasteiger partial charge on any atom is -0.501 e. The van der Waals surface area contributed by atoms with E-state index < -0.39 is 7.32 Å². The first-order chi connectivity index (χ1) is 6.60. The zero-order valence-corrected chi connectivity index (χ0v) is 8.92. The summed E-state index contributed by atoms with van der Waals surface area (Å²) < 4.78 is 14.8. The molecule has 2 N–H and O–H groups in total. The molecule has 0 spiro atoms. The summed E-state index contributed by atoms with van der Waals surface area (Å²) in [4.78, 5) is 0. The Bertz CT molecular complexity index is 311. The van der Waals surface area contributed by atoms with Crippen molar-refractivity contribution in [2.75, 3.05) is 14.2 Å². The maximum absolute atomic E-state index is 8.64. The molecule has 0 atom stereocenters. The molecule has 0 radical (unpaired) electrons. The number of ether oxygens (including phenoxy) is 2. The van der Waals surface area contributed by atoms with E-state index in [0.29, 0.717) is 10.8 Å². The third kappa shape index (κ3) is 2.12. The van der Waals surface area contributed by atoms with Crippen molar-refractivity contribution in [1.29, 1.82) is 0 Å². The number of hydrogen-bond acceptors (Lipinski definition) is 6.